The van der Waals surface area contributed by atoms with Crippen LogP contribution in [0.3, 0.4) is 0 Å². The average Bonchev–Trinajstić information content (AvgIpc) is 3.78. The second kappa shape index (κ2) is 14.7. The number of amides is 2. The molecule has 2 aromatic heterocycles. The van der Waals surface area contributed by atoms with Gasteiger partial charge in [-0.2, -0.15) is 0 Å². The fraction of sp³-hybridized carbons (Fsp3) is 0.344. The van der Waals surface area contributed by atoms with E-state index in [2.05, 4.69) is 20.8 Å². The first-order valence-corrected chi connectivity index (χ1v) is 16.4. The molecule has 0 spiro atoms. The smallest absolute Gasteiger partial charge is 0.341 e. The highest BCUT2D eigenvalue weighted by Crippen LogP contribution is 2.40. The van der Waals surface area contributed by atoms with Crippen LogP contribution in [0.4, 0.5) is 5.00 Å². The summed E-state index contributed by atoms with van der Waals surface area (Å²) in [6.07, 6.45) is 2.64. The topological polar surface area (TPSA) is 143 Å². The lowest BCUT2D eigenvalue weighted by Crippen LogP contribution is -2.25. The maximum absolute atomic E-state index is 13.5. The van der Waals surface area contributed by atoms with Crippen molar-refractivity contribution in [2.24, 2.45) is 0 Å². The Hall–Kier alpha value is -4.56. The van der Waals surface area contributed by atoms with Crippen LogP contribution in [0.2, 0.25) is 0 Å². The highest BCUT2D eigenvalue weighted by Gasteiger charge is 2.30. The number of benzene rings is 2. The molecular weight excluding hydrogens is 631 g/mol. The molecule has 242 valence electrons. The molecule has 4 aromatic rings. The molecular formula is C32H35N5O7S2. The number of fused-ring (bicyclic) bond motifs is 1. The number of nitrogens with one attached hydrogen (secondary N) is 2. The van der Waals surface area contributed by atoms with Crippen LogP contribution in [0.5, 0.6) is 17.2 Å². The molecule has 0 bridgehead atoms. The number of rotatable bonds is 13. The average molecular weight is 666 g/mol. The molecule has 0 fully saturated rings. The maximum atomic E-state index is 13.5. The van der Waals surface area contributed by atoms with E-state index in [9.17, 15) is 14.4 Å². The lowest BCUT2D eigenvalue weighted by atomic mass is 10.1. The molecule has 2 aromatic carbocycles. The van der Waals surface area contributed by atoms with Gasteiger partial charge in [0.05, 0.1) is 51.0 Å². The lowest BCUT2D eigenvalue weighted by molar-refractivity contribution is -0.115. The first kappa shape index (κ1) is 32.8. The van der Waals surface area contributed by atoms with Crippen LogP contribution < -0.4 is 24.8 Å². The Kier molecular flexibility index (Phi) is 10.5. The van der Waals surface area contributed by atoms with Crippen LogP contribution in [-0.4, -0.2) is 65.7 Å². The maximum Gasteiger partial charge on any atom is 0.341 e. The molecule has 1 atom stereocenters. The number of hydrogen-bond donors (Lipinski definition) is 2. The predicted octanol–water partition coefficient (Wildman–Crippen LogP) is 5.07. The van der Waals surface area contributed by atoms with Gasteiger partial charge < -0.3 is 29.6 Å². The lowest BCUT2D eigenvalue weighted by Gasteiger charge is -2.16. The summed E-state index contributed by atoms with van der Waals surface area (Å²) in [5.74, 6) is 0.850. The Morgan fingerprint density at radius 1 is 1.00 bits per heavy atom. The number of hydrogen-bond acceptors (Lipinski definition) is 11. The Balaban J connectivity index is 1.38. The van der Waals surface area contributed by atoms with Gasteiger partial charge in [-0.3, -0.25) is 14.2 Å². The van der Waals surface area contributed by atoms with Crippen LogP contribution in [-0.2, 0) is 28.9 Å². The second-order valence-electron chi connectivity index (χ2n) is 10.2. The molecule has 12 nitrogen and oxygen atoms in total. The van der Waals surface area contributed by atoms with Crippen molar-refractivity contribution in [1.29, 1.82) is 0 Å². The summed E-state index contributed by atoms with van der Waals surface area (Å²) in [4.78, 5) is 40.5. The van der Waals surface area contributed by atoms with Crippen molar-refractivity contribution >= 4 is 45.9 Å². The van der Waals surface area contributed by atoms with Crippen molar-refractivity contribution in [3.63, 3.8) is 0 Å². The molecule has 0 unspecified atom stereocenters. The van der Waals surface area contributed by atoms with Crippen molar-refractivity contribution in [1.82, 2.24) is 20.1 Å². The molecule has 14 heteroatoms. The molecule has 0 radical (unpaired) electrons. The van der Waals surface area contributed by atoms with E-state index in [1.807, 2.05) is 18.2 Å². The quantitative estimate of drug-likeness (QED) is 0.147. The van der Waals surface area contributed by atoms with Gasteiger partial charge in [0.2, 0.25) is 5.91 Å². The van der Waals surface area contributed by atoms with Crippen LogP contribution in [0.25, 0.3) is 5.69 Å². The van der Waals surface area contributed by atoms with Gasteiger partial charge >= 0.3 is 5.97 Å². The highest BCUT2D eigenvalue weighted by molar-refractivity contribution is 8.00. The number of aromatic nitrogens is 3. The van der Waals surface area contributed by atoms with E-state index in [1.165, 1.54) is 37.3 Å². The minimum atomic E-state index is -0.626. The number of methoxy groups -OCH3 is 3. The number of anilines is 1. The zero-order valence-corrected chi connectivity index (χ0v) is 27.8. The van der Waals surface area contributed by atoms with Crippen LogP contribution in [0.15, 0.2) is 47.6 Å². The van der Waals surface area contributed by atoms with E-state index in [0.29, 0.717) is 50.0 Å². The van der Waals surface area contributed by atoms with Gasteiger partial charge in [0, 0.05) is 10.4 Å². The SMILES string of the molecule is CCOC(=O)c1c(NC(=O)[C@@H](C)Sc2nnc(CNC(=O)c3ccc(OC)c(OC)c3)n2-c2ccccc2OC)sc2c1CCC2. The van der Waals surface area contributed by atoms with E-state index in [4.69, 9.17) is 18.9 Å². The van der Waals surface area contributed by atoms with Crippen LogP contribution >= 0.6 is 23.1 Å². The first-order valence-electron chi connectivity index (χ1n) is 14.7. The summed E-state index contributed by atoms with van der Waals surface area (Å²) < 4.78 is 23.3. The van der Waals surface area contributed by atoms with Crippen molar-refractivity contribution in [2.45, 2.75) is 50.1 Å². The second-order valence-corrected chi connectivity index (χ2v) is 12.6. The standard InChI is InChI=1S/C32H35N5O7S2/c1-6-44-31(40)27-20-10-9-13-25(20)46-30(27)34-28(38)18(2)45-32-36-35-26(37(32)21-11-7-8-12-22(21)41-3)17-33-29(39)19-14-15-23(42-4)24(16-19)43-5/h7-8,11-12,14-16,18H,6,9-10,13,17H2,1-5H3,(H,33,39)(H,34,38)/t18-/m1/s1. The third-order valence-electron chi connectivity index (χ3n) is 7.37. The Labute approximate surface area is 274 Å². The van der Waals surface area contributed by atoms with Crippen LogP contribution in [0, 0.1) is 0 Å². The molecule has 1 aliphatic rings. The van der Waals surface area contributed by atoms with Gasteiger partial charge in [-0.05, 0) is 69.0 Å². The third kappa shape index (κ3) is 6.82. The monoisotopic (exact) mass is 665 g/mol. The molecule has 2 amide bonds. The largest absolute Gasteiger partial charge is 0.495 e. The van der Waals surface area contributed by atoms with Crippen molar-refractivity contribution in [3.8, 4) is 22.9 Å². The summed E-state index contributed by atoms with van der Waals surface area (Å²) in [6.45, 7) is 3.79. The highest BCUT2D eigenvalue weighted by atomic mass is 32.2. The fourth-order valence-corrected chi connectivity index (χ4v) is 7.28. The van der Waals surface area contributed by atoms with Gasteiger partial charge in [-0.1, -0.05) is 23.9 Å². The summed E-state index contributed by atoms with van der Waals surface area (Å²) in [6, 6.07) is 12.2. The zero-order chi connectivity index (χ0) is 32.8. The number of ether oxygens (including phenoxy) is 4. The molecule has 5 rings (SSSR count). The molecule has 46 heavy (non-hydrogen) atoms. The Morgan fingerprint density at radius 3 is 2.50 bits per heavy atom. The molecule has 1 aliphatic carbocycles. The van der Waals surface area contributed by atoms with Gasteiger partial charge in [0.1, 0.15) is 10.8 Å². The minimum Gasteiger partial charge on any atom is -0.495 e. The summed E-state index contributed by atoms with van der Waals surface area (Å²) in [5.41, 5.74) is 2.44. The van der Waals surface area contributed by atoms with Gasteiger partial charge in [0.15, 0.2) is 22.5 Å². The Bertz CT molecular complexity index is 1750. The molecule has 0 aliphatic heterocycles. The van der Waals surface area contributed by atoms with Gasteiger partial charge in [-0.15, -0.1) is 21.5 Å². The van der Waals surface area contributed by atoms with E-state index in [-0.39, 0.29) is 25.0 Å². The number of carbonyl (C=O) groups is 3. The van der Waals surface area contributed by atoms with Gasteiger partial charge in [-0.25, -0.2) is 4.79 Å². The number of aryl methyl sites for hydroxylation is 1. The third-order valence-corrected chi connectivity index (χ3v) is 9.62. The number of carbonyl (C=O) groups excluding carboxylic acids is 3. The number of nitrogens with zero attached hydrogens (tertiary/aromatic N) is 3. The van der Waals surface area contributed by atoms with Crippen LogP contribution in [0.1, 0.15) is 57.2 Å². The number of thioether (sulfide) groups is 1. The van der Waals surface area contributed by atoms with Crippen molar-refractivity contribution in [3.05, 3.63) is 69.9 Å². The first-order chi connectivity index (χ1) is 22.3. The molecule has 0 saturated carbocycles. The van der Waals surface area contributed by atoms with Gasteiger partial charge in [0.25, 0.3) is 5.91 Å². The van der Waals surface area contributed by atoms with E-state index >= 15 is 0 Å². The van der Waals surface area contributed by atoms with Crippen molar-refractivity contribution in [2.75, 3.05) is 33.3 Å². The number of esters is 1. The van der Waals surface area contributed by atoms with Crippen molar-refractivity contribution < 1.29 is 33.3 Å². The van der Waals surface area contributed by atoms with E-state index in [0.717, 1.165) is 29.7 Å². The summed E-state index contributed by atoms with van der Waals surface area (Å²) in [7, 11) is 4.59. The normalized spacial score (nSPS) is 12.6. The predicted molar refractivity (Wildman–Crippen MR) is 175 cm³/mol. The summed E-state index contributed by atoms with van der Waals surface area (Å²) in [5, 5.41) is 14.9. The van der Waals surface area contributed by atoms with E-state index < -0.39 is 11.2 Å². The fourth-order valence-electron chi connectivity index (χ4n) is 5.12. The van der Waals surface area contributed by atoms with E-state index in [1.54, 1.807) is 49.8 Å². The number of thiophene rings is 1. The molecule has 0 saturated heterocycles. The summed E-state index contributed by atoms with van der Waals surface area (Å²) >= 11 is 2.62. The zero-order valence-electron chi connectivity index (χ0n) is 26.2. The Morgan fingerprint density at radius 2 is 1.76 bits per heavy atom. The number of para-hydroxylation sites is 2. The molecule has 2 N–H and O–H groups in total. The minimum absolute atomic E-state index is 0.0308. The molecule has 2 heterocycles.